The summed E-state index contributed by atoms with van der Waals surface area (Å²) in [4.78, 5) is 11.3. The predicted molar refractivity (Wildman–Crippen MR) is 82.1 cm³/mol. The van der Waals surface area contributed by atoms with Gasteiger partial charge < -0.3 is 15.2 Å². The van der Waals surface area contributed by atoms with E-state index in [4.69, 9.17) is 0 Å². The maximum absolute atomic E-state index is 11.3. The zero-order valence-electron chi connectivity index (χ0n) is 12.2. The summed E-state index contributed by atoms with van der Waals surface area (Å²) in [5, 5.41) is 5.33. The molecule has 2 N–H and O–H groups in total. The third-order valence-electron chi connectivity index (χ3n) is 3.41. The van der Waals surface area contributed by atoms with E-state index in [1.807, 2.05) is 18.2 Å². The number of nitrogens with one attached hydrogen (secondary N) is 2. The first-order chi connectivity index (χ1) is 9.58. The number of benzene rings is 1. The van der Waals surface area contributed by atoms with Crippen LogP contribution in [0.2, 0.25) is 0 Å². The lowest BCUT2D eigenvalue weighted by Crippen LogP contribution is -2.24. The number of hydrogen-bond donors (Lipinski definition) is 2. The summed E-state index contributed by atoms with van der Waals surface area (Å²) in [7, 11) is 1.61. The Balaban J connectivity index is 1.99. The van der Waals surface area contributed by atoms with Gasteiger partial charge in [0.15, 0.2) is 0 Å². The van der Waals surface area contributed by atoms with Gasteiger partial charge in [-0.25, -0.2) is 4.79 Å². The fraction of sp³-hybridized carbons (Fsp3) is 0.312. The van der Waals surface area contributed by atoms with Crippen LogP contribution in [0.3, 0.4) is 0 Å². The largest absolute Gasteiger partial charge is 0.353 e. The van der Waals surface area contributed by atoms with E-state index in [-0.39, 0.29) is 6.03 Å². The SMILES string of the molecule is CNC(=O)Nc1cccc(CCn2cc(C)c(C)c2)c1. The second-order valence-electron chi connectivity index (χ2n) is 5.02. The predicted octanol–water partition coefficient (Wildman–Crippen LogP) is 3.10. The van der Waals surface area contributed by atoms with Crippen molar-refractivity contribution in [1.82, 2.24) is 9.88 Å². The standard InChI is InChI=1S/C16H21N3O/c1-12-10-19(11-13(12)2)8-7-14-5-4-6-15(9-14)18-16(20)17-3/h4-6,9-11H,7-8H2,1-3H3,(H2,17,18,20). The molecule has 1 heterocycles. The van der Waals surface area contributed by atoms with E-state index < -0.39 is 0 Å². The molecule has 0 saturated carbocycles. The van der Waals surface area contributed by atoms with Crippen molar-refractivity contribution in [3.8, 4) is 0 Å². The van der Waals surface area contributed by atoms with E-state index in [1.54, 1.807) is 7.05 Å². The lowest BCUT2D eigenvalue weighted by molar-refractivity contribution is 0.254. The highest BCUT2D eigenvalue weighted by atomic mass is 16.2. The number of carbonyl (C=O) groups excluding carboxylic acids is 1. The van der Waals surface area contributed by atoms with E-state index in [1.165, 1.54) is 16.7 Å². The third-order valence-corrected chi connectivity index (χ3v) is 3.41. The van der Waals surface area contributed by atoms with E-state index in [9.17, 15) is 4.79 Å². The molecular formula is C16H21N3O. The minimum atomic E-state index is -0.196. The number of hydrogen-bond acceptors (Lipinski definition) is 1. The summed E-state index contributed by atoms with van der Waals surface area (Å²) in [6, 6.07) is 7.76. The topological polar surface area (TPSA) is 46.1 Å². The number of aryl methyl sites for hydroxylation is 4. The van der Waals surface area contributed by atoms with E-state index in [0.29, 0.717) is 0 Å². The lowest BCUT2D eigenvalue weighted by atomic mass is 10.1. The molecule has 0 radical (unpaired) electrons. The van der Waals surface area contributed by atoms with Gasteiger partial charge in [-0.2, -0.15) is 0 Å². The van der Waals surface area contributed by atoms with Gasteiger partial charge in [-0.15, -0.1) is 0 Å². The van der Waals surface area contributed by atoms with Gasteiger partial charge in [-0.05, 0) is 49.1 Å². The summed E-state index contributed by atoms with van der Waals surface area (Å²) in [5.41, 5.74) is 4.67. The Kier molecular flexibility index (Phi) is 4.45. The molecule has 4 heteroatoms. The van der Waals surface area contributed by atoms with E-state index >= 15 is 0 Å². The fourth-order valence-corrected chi connectivity index (χ4v) is 2.12. The zero-order chi connectivity index (χ0) is 14.5. The van der Waals surface area contributed by atoms with Crippen LogP contribution < -0.4 is 10.6 Å². The van der Waals surface area contributed by atoms with Crippen molar-refractivity contribution in [2.75, 3.05) is 12.4 Å². The Morgan fingerprint density at radius 3 is 2.55 bits per heavy atom. The maximum atomic E-state index is 11.3. The second-order valence-corrected chi connectivity index (χ2v) is 5.02. The maximum Gasteiger partial charge on any atom is 0.318 e. The normalized spacial score (nSPS) is 10.3. The van der Waals surface area contributed by atoms with Crippen LogP contribution in [0.15, 0.2) is 36.7 Å². The molecule has 0 aliphatic carbocycles. The molecule has 0 saturated heterocycles. The van der Waals surface area contributed by atoms with Gasteiger partial charge in [0.2, 0.25) is 0 Å². The minimum absolute atomic E-state index is 0.196. The first-order valence-corrected chi connectivity index (χ1v) is 6.79. The number of anilines is 1. The average Bonchev–Trinajstić information content (AvgIpc) is 2.76. The van der Waals surface area contributed by atoms with Crippen LogP contribution >= 0.6 is 0 Å². The molecule has 0 aliphatic rings. The molecule has 2 aromatic rings. The quantitative estimate of drug-likeness (QED) is 0.882. The molecule has 4 nitrogen and oxygen atoms in total. The first kappa shape index (κ1) is 14.2. The summed E-state index contributed by atoms with van der Waals surface area (Å²) in [6.45, 7) is 5.19. The number of carbonyl (C=O) groups is 1. The third kappa shape index (κ3) is 3.63. The number of urea groups is 1. The summed E-state index contributed by atoms with van der Waals surface area (Å²) in [5.74, 6) is 0. The van der Waals surface area contributed by atoms with Gasteiger partial charge in [0.05, 0.1) is 0 Å². The molecule has 0 spiro atoms. The van der Waals surface area contributed by atoms with E-state index in [2.05, 4.69) is 47.5 Å². The Bertz CT molecular complexity index is 582. The highest BCUT2D eigenvalue weighted by molar-refractivity contribution is 5.89. The lowest BCUT2D eigenvalue weighted by Gasteiger charge is -2.07. The van der Waals surface area contributed by atoms with Crippen LogP contribution in [-0.4, -0.2) is 17.6 Å². The molecule has 2 rings (SSSR count). The molecule has 0 bridgehead atoms. The Morgan fingerprint density at radius 2 is 1.90 bits per heavy atom. The van der Waals surface area contributed by atoms with Crippen molar-refractivity contribution in [1.29, 1.82) is 0 Å². The van der Waals surface area contributed by atoms with Gasteiger partial charge >= 0.3 is 6.03 Å². The van der Waals surface area contributed by atoms with Crippen LogP contribution in [-0.2, 0) is 13.0 Å². The van der Waals surface area contributed by atoms with Gasteiger partial charge in [0.1, 0.15) is 0 Å². The Hall–Kier alpha value is -2.23. The highest BCUT2D eigenvalue weighted by Crippen LogP contribution is 2.13. The average molecular weight is 271 g/mol. The number of aromatic nitrogens is 1. The first-order valence-electron chi connectivity index (χ1n) is 6.79. The molecule has 2 amide bonds. The molecule has 1 aromatic carbocycles. The van der Waals surface area contributed by atoms with E-state index in [0.717, 1.165) is 18.7 Å². The van der Waals surface area contributed by atoms with Crippen LogP contribution in [0.4, 0.5) is 10.5 Å². The molecule has 1 aromatic heterocycles. The monoisotopic (exact) mass is 271 g/mol. The minimum Gasteiger partial charge on any atom is -0.353 e. The van der Waals surface area contributed by atoms with Gasteiger partial charge in [-0.1, -0.05) is 12.1 Å². The Labute approximate surface area is 119 Å². The summed E-state index contributed by atoms with van der Waals surface area (Å²) < 4.78 is 2.21. The van der Waals surface area contributed by atoms with Crippen molar-refractivity contribution < 1.29 is 4.79 Å². The van der Waals surface area contributed by atoms with Gasteiger partial charge in [-0.3, -0.25) is 0 Å². The summed E-state index contributed by atoms with van der Waals surface area (Å²) >= 11 is 0. The second kappa shape index (κ2) is 6.28. The molecular weight excluding hydrogens is 250 g/mol. The number of rotatable bonds is 4. The van der Waals surface area contributed by atoms with Gasteiger partial charge in [0, 0.05) is 31.7 Å². The molecule has 0 atom stereocenters. The fourth-order valence-electron chi connectivity index (χ4n) is 2.12. The molecule has 0 aliphatic heterocycles. The smallest absolute Gasteiger partial charge is 0.318 e. The molecule has 0 fully saturated rings. The van der Waals surface area contributed by atoms with Crippen molar-refractivity contribution in [2.45, 2.75) is 26.8 Å². The number of amides is 2. The molecule has 0 unspecified atom stereocenters. The molecule has 20 heavy (non-hydrogen) atoms. The van der Waals surface area contributed by atoms with Crippen molar-refractivity contribution >= 4 is 11.7 Å². The highest BCUT2D eigenvalue weighted by Gasteiger charge is 2.02. The van der Waals surface area contributed by atoms with Crippen molar-refractivity contribution in [2.24, 2.45) is 0 Å². The van der Waals surface area contributed by atoms with Gasteiger partial charge in [0.25, 0.3) is 0 Å². The van der Waals surface area contributed by atoms with Crippen molar-refractivity contribution in [3.63, 3.8) is 0 Å². The zero-order valence-corrected chi connectivity index (χ0v) is 12.2. The van der Waals surface area contributed by atoms with Crippen LogP contribution in [0, 0.1) is 13.8 Å². The van der Waals surface area contributed by atoms with Crippen LogP contribution in [0.5, 0.6) is 0 Å². The van der Waals surface area contributed by atoms with Crippen molar-refractivity contribution in [3.05, 3.63) is 53.3 Å². The molecule has 106 valence electrons. The summed E-state index contributed by atoms with van der Waals surface area (Å²) in [6.07, 6.45) is 5.28. The van der Waals surface area contributed by atoms with Crippen LogP contribution in [0.25, 0.3) is 0 Å². The van der Waals surface area contributed by atoms with Crippen LogP contribution in [0.1, 0.15) is 16.7 Å². The number of nitrogens with zero attached hydrogens (tertiary/aromatic N) is 1. The Morgan fingerprint density at radius 1 is 1.20 bits per heavy atom.